The van der Waals surface area contributed by atoms with Crippen LogP contribution in [0.3, 0.4) is 0 Å². The average molecular weight is 389 g/mol. The molecule has 0 amide bonds. The third-order valence-electron chi connectivity index (χ3n) is 4.90. The zero-order chi connectivity index (χ0) is 20.4. The lowest BCUT2D eigenvalue weighted by atomic mass is 10.1. The number of benzene rings is 2. The molecule has 2 aromatic carbocycles. The fourth-order valence-electron chi connectivity index (χ4n) is 3.28. The molecule has 1 atom stereocenters. The molecule has 0 spiro atoms. The molecule has 0 bridgehead atoms. The summed E-state index contributed by atoms with van der Waals surface area (Å²) in [4.78, 5) is 12.9. The fourth-order valence-corrected chi connectivity index (χ4v) is 3.28. The second-order valence-corrected chi connectivity index (χ2v) is 7.00. The van der Waals surface area contributed by atoms with E-state index < -0.39 is 6.10 Å². The van der Waals surface area contributed by atoms with E-state index in [4.69, 9.17) is 4.74 Å². The van der Waals surface area contributed by atoms with Crippen LogP contribution in [0, 0.1) is 6.92 Å². The predicted molar refractivity (Wildman–Crippen MR) is 112 cm³/mol. The minimum atomic E-state index is -0.760. The normalized spacial score (nSPS) is 12.2. The molecule has 4 rings (SSSR count). The van der Waals surface area contributed by atoms with Crippen LogP contribution < -0.4 is 10.3 Å². The van der Waals surface area contributed by atoms with Gasteiger partial charge in [0, 0.05) is 18.0 Å². The Labute approximate surface area is 168 Å². The number of hydrogen-bond acceptors (Lipinski definition) is 4. The first-order valence-electron chi connectivity index (χ1n) is 9.62. The topological polar surface area (TPSA) is 68.8 Å². The van der Waals surface area contributed by atoms with E-state index >= 15 is 0 Å². The molecule has 6 nitrogen and oxygen atoms in total. The second kappa shape index (κ2) is 7.93. The smallest absolute Gasteiger partial charge is 0.276 e. The molecule has 0 fully saturated rings. The van der Waals surface area contributed by atoms with Crippen LogP contribution in [0.2, 0.25) is 0 Å². The Morgan fingerprint density at radius 3 is 2.48 bits per heavy atom. The van der Waals surface area contributed by atoms with E-state index in [0.29, 0.717) is 17.8 Å². The van der Waals surface area contributed by atoms with E-state index in [2.05, 4.69) is 5.10 Å². The molecule has 0 unspecified atom stereocenters. The second-order valence-electron chi connectivity index (χ2n) is 7.00. The van der Waals surface area contributed by atoms with E-state index in [1.54, 1.807) is 23.0 Å². The summed E-state index contributed by atoms with van der Waals surface area (Å²) >= 11 is 0. The van der Waals surface area contributed by atoms with Crippen molar-refractivity contribution in [3.63, 3.8) is 0 Å². The van der Waals surface area contributed by atoms with Crippen molar-refractivity contribution in [3.05, 3.63) is 88.5 Å². The SMILES string of the molecule is CCOc1ccc(-c2cc3c(=O)n(C[C@@H](O)c4ccc(C)cc4)ccn3n2)cc1. The lowest BCUT2D eigenvalue weighted by molar-refractivity contribution is 0.155. The summed E-state index contributed by atoms with van der Waals surface area (Å²) < 4.78 is 8.56. The monoisotopic (exact) mass is 389 g/mol. The van der Waals surface area contributed by atoms with Gasteiger partial charge < -0.3 is 14.4 Å². The summed E-state index contributed by atoms with van der Waals surface area (Å²) in [7, 11) is 0. The van der Waals surface area contributed by atoms with Crippen molar-refractivity contribution in [2.45, 2.75) is 26.5 Å². The maximum atomic E-state index is 12.9. The number of aliphatic hydroxyl groups excluding tert-OH is 1. The quantitative estimate of drug-likeness (QED) is 0.547. The first kappa shape index (κ1) is 19.0. The van der Waals surface area contributed by atoms with Crippen LogP contribution in [-0.2, 0) is 6.54 Å². The third kappa shape index (κ3) is 3.93. The van der Waals surface area contributed by atoms with Gasteiger partial charge in [-0.15, -0.1) is 0 Å². The number of ether oxygens (including phenoxy) is 1. The molecule has 29 heavy (non-hydrogen) atoms. The van der Waals surface area contributed by atoms with Gasteiger partial charge in [-0.2, -0.15) is 5.10 Å². The highest BCUT2D eigenvalue weighted by Gasteiger charge is 2.13. The van der Waals surface area contributed by atoms with Crippen molar-refractivity contribution in [1.29, 1.82) is 0 Å². The van der Waals surface area contributed by atoms with Gasteiger partial charge in [-0.25, -0.2) is 4.52 Å². The molecule has 6 heteroatoms. The molecule has 0 radical (unpaired) electrons. The first-order chi connectivity index (χ1) is 14.0. The van der Waals surface area contributed by atoms with Crippen molar-refractivity contribution in [2.75, 3.05) is 6.61 Å². The van der Waals surface area contributed by atoms with E-state index in [1.807, 2.05) is 62.4 Å². The standard InChI is InChI=1S/C23H23N3O3/c1-3-29-19-10-8-17(9-11-19)20-14-21-23(28)25(12-13-26(21)24-20)15-22(27)18-6-4-16(2)5-7-18/h4-14,22,27H,3,15H2,1-2H3/t22-/m1/s1. The van der Waals surface area contributed by atoms with Crippen LogP contribution >= 0.6 is 0 Å². The van der Waals surface area contributed by atoms with Gasteiger partial charge in [0.15, 0.2) is 0 Å². The Morgan fingerprint density at radius 2 is 1.79 bits per heavy atom. The van der Waals surface area contributed by atoms with Crippen LogP contribution in [-0.4, -0.2) is 25.9 Å². The third-order valence-corrected chi connectivity index (χ3v) is 4.90. The van der Waals surface area contributed by atoms with E-state index in [1.165, 1.54) is 4.57 Å². The zero-order valence-electron chi connectivity index (χ0n) is 16.4. The van der Waals surface area contributed by atoms with Gasteiger partial charge in [0.2, 0.25) is 0 Å². The minimum Gasteiger partial charge on any atom is -0.494 e. The molecular weight excluding hydrogens is 366 g/mol. The van der Waals surface area contributed by atoms with Crippen LogP contribution in [0.1, 0.15) is 24.2 Å². The molecule has 0 aliphatic rings. The van der Waals surface area contributed by atoms with Crippen LogP contribution in [0.5, 0.6) is 5.75 Å². The maximum absolute atomic E-state index is 12.9. The molecule has 4 aromatic rings. The largest absolute Gasteiger partial charge is 0.494 e. The average Bonchev–Trinajstić information content (AvgIpc) is 3.16. The van der Waals surface area contributed by atoms with Crippen LogP contribution in [0.25, 0.3) is 16.8 Å². The highest BCUT2D eigenvalue weighted by molar-refractivity contribution is 5.66. The lowest BCUT2D eigenvalue weighted by Crippen LogP contribution is -2.24. The summed E-state index contributed by atoms with van der Waals surface area (Å²) in [6, 6.07) is 17.1. The molecule has 0 saturated heterocycles. The Kier molecular flexibility index (Phi) is 5.18. The van der Waals surface area contributed by atoms with E-state index in [0.717, 1.165) is 22.4 Å². The Balaban J connectivity index is 1.62. The number of aryl methyl sites for hydroxylation is 1. The van der Waals surface area contributed by atoms with Crippen LogP contribution in [0.4, 0.5) is 0 Å². The van der Waals surface area contributed by atoms with Crippen LogP contribution in [0.15, 0.2) is 71.8 Å². The number of rotatable bonds is 6. The van der Waals surface area contributed by atoms with Gasteiger partial charge in [0.1, 0.15) is 11.3 Å². The van der Waals surface area contributed by atoms with Crippen molar-refractivity contribution < 1.29 is 9.84 Å². The van der Waals surface area contributed by atoms with Gasteiger partial charge in [-0.05, 0) is 49.7 Å². The number of hydrogen-bond donors (Lipinski definition) is 1. The first-order valence-corrected chi connectivity index (χ1v) is 9.62. The van der Waals surface area contributed by atoms with E-state index in [-0.39, 0.29) is 12.1 Å². The summed E-state index contributed by atoms with van der Waals surface area (Å²) in [5.74, 6) is 0.799. The van der Waals surface area contributed by atoms with Gasteiger partial charge in [0.05, 0.1) is 24.9 Å². The van der Waals surface area contributed by atoms with E-state index in [9.17, 15) is 9.90 Å². The molecule has 1 N–H and O–H groups in total. The summed E-state index contributed by atoms with van der Waals surface area (Å²) in [6.07, 6.45) is 2.63. The lowest BCUT2D eigenvalue weighted by Gasteiger charge is -2.13. The van der Waals surface area contributed by atoms with Crippen molar-refractivity contribution in [2.24, 2.45) is 0 Å². The number of aliphatic hydroxyl groups is 1. The number of nitrogens with zero attached hydrogens (tertiary/aromatic N) is 3. The van der Waals surface area contributed by atoms with Crippen molar-refractivity contribution >= 4 is 5.52 Å². The highest BCUT2D eigenvalue weighted by atomic mass is 16.5. The van der Waals surface area contributed by atoms with Gasteiger partial charge in [-0.1, -0.05) is 29.8 Å². The Morgan fingerprint density at radius 1 is 1.07 bits per heavy atom. The van der Waals surface area contributed by atoms with Gasteiger partial charge in [0.25, 0.3) is 5.56 Å². The predicted octanol–water partition coefficient (Wildman–Crippen LogP) is 3.60. The molecule has 2 heterocycles. The van der Waals surface area contributed by atoms with Crippen molar-refractivity contribution in [3.8, 4) is 17.0 Å². The number of fused-ring (bicyclic) bond motifs is 1. The van der Waals surface area contributed by atoms with Gasteiger partial charge in [-0.3, -0.25) is 4.79 Å². The van der Waals surface area contributed by atoms with Crippen molar-refractivity contribution in [1.82, 2.24) is 14.2 Å². The molecular formula is C23H23N3O3. The Hall–Kier alpha value is -3.38. The number of aromatic nitrogens is 3. The molecule has 2 aromatic heterocycles. The molecule has 0 aliphatic heterocycles. The maximum Gasteiger partial charge on any atom is 0.276 e. The summed E-state index contributed by atoms with van der Waals surface area (Å²) in [5.41, 5.74) is 3.80. The molecule has 0 aliphatic carbocycles. The summed E-state index contributed by atoms with van der Waals surface area (Å²) in [5, 5.41) is 15.0. The summed E-state index contributed by atoms with van der Waals surface area (Å²) in [6.45, 7) is 4.73. The fraction of sp³-hybridized carbons (Fsp3) is 0.217. The minimum absolute atomic E-state index is 0.183. The Bertz CT molecular complexity index is 1170. The molecule has 0 saturated carbocycles. The highest BCUT2D eigenvalue weighted by Crippen LogP contribution is 2.22. The zero-order valence-corrected chi connectivity index (χ0v) is 16.4. The van der Waals surface area contributed by atoms with Gasteiger partial charge >= 0.3 is 0 Å². The molecule has 148 valence electrons.